The van der Waals surface area contributed by atoms with Crippen LogP contribution < -0.4 is 10.6 Å². The number of aliphatic hydroxyl groups excluding tert-OH is 1. The smallest absolute Gasteiger partial charge is 0.320 e. The molecule has 98 valence electrons. The fraction of sp³-hybridized carbons (Fsp3) is 0.500. The molecule has 5 nitrogen and oxygen atoms in total. The van der Waals surface area contributed by atoms with Gasteiger partial charge in [-0.1, -0.05) is 6.92 Å². The van der Waals surface area contributed by atoms with Gasteiger partial charge in [0.15, 0.2) is 0 Å². The fourth-order valence-electron chi connectivity index (χ4n) is 1.45. The number of amides is 2. The van der Waals surface area contributed by atoms with Crippen molar-refractivity contribution in [3.05, 3.63) is 16.0 Å². The molecule has 0 aliphatic carbocycles. The lowest BCUT2D eigenvalue weighted by atomic mass is 10.2. The second-order valence-electron chi connectivity index (χ2n) is 3.99. The zero-order valence-electron chi connectivity index (χ0n) is 10.7. The second kappa shape index (κ2) is 6.38. The summed E-state index contributed by atoms with van der Waals surface area (Å²) in [5.41, 5.74) is 1.40. The summed E-state index contributed by atoms with van der Waals surface area (Å²) >= 11 is 1.38. The average Bonchev–Trinajstić information content (AvgIpc) is 2.61. The Hall–Kier alpha value is -1.58. The lowest BCUT2D eigenvalue weighted by molar-refractivity contribution is 0.222. The van der Waals surface area contributed by atoms with Crippen molar-refractivity contribution < 1.29 is 9.90 Å². The molecule has 1 aromatic rings. The summed E-state index contributed by atoms with van der Waals surface area (Å²) in [6.45, 7) is 5.54. The monoisotopic (exact) mass is 267 g/mol. The molecule has 0 aliphatic heterocycles. The number of thiophene rings is 1. The van der Waals surface area contributed by atoms with Crippen molar-refractivity contribution in [1.82, 2.24) is 5.32 Å². The highest BCUT2D eigenvalue weighted by atomic mass is 32.1. The van der Waals surface area contributed by atoms with Gasteiger partial charge in [-0.2, -0.15) is 5.26 Å². The molecule has 1 heterocycles. The minimum absolute atomic E-state index is 0.0997. The minimum Gasteiger partial charge on any atom is -0.394 e. The maximum atomic E-state index is 11.7. The molecule has 2 amide bonds. The van der Waals surface area contributed by atoms with Crippen LogP contribution in [0.5, 0.6) is 0 Å². The molecule has 0 aromatic carbocycles. The van der Waals surface area contributed by atoms with Crippen LogP contribution in [0, 0.1) is 25.2 Å². The Morgan fingerprint density at radius 1 is 1.56 bits per heavy atom. The summed E-state index contributed by atoms with van der Waals surface area (Å²) in [4.78, 5) is 12.7. The first-order chi connectivity index (χ1) is 8.53. The van der Waals surface area contributed by atoms with E-state index in [1.165, 1.54) is 11.3 Å². The maximum absolute atomic E-state index is 11.7. The van der Waals surface area contributed by atoms with Crippen LogP contribution in [0.15, 0.2) is 0 Å². The van der Waals surface area contributed by atoms with Gasteiger partial charge in [0.1, 0.15) is 11.1 Å². The molecule has 3 N–H and O–H groups in total. The number of anilines is 1. The molecule has 0 fully saturated rings. The van der Waals surface area contributed by atoms with Gasteiger partial charge in [-0.3, -0.25) is 5.32 Å². The lowest BCUT2D eigenvalue weighted by Gasteiger charge is -2.14. The van der Waals surface area contributed by atoms with Crippen molar-refractivity contribution >= 4 is 22.4 Å². The standard InChI is InChI=1S/C12H17N3O2S/c1-4-9(6-16)14-12(17)15-11-10(5-13)7(2)8(3)18-11/h9,16H,4,6H2,1-3H3,(H2,14,15,17)/t9-/m0/s1. The quantitative estimate of drug-likeness (QED) is 0.781. The molecule has 0 aliphatic rings. The number of carbonyl (C=O) groups is 1. The van der Waals surface area contributed by atoms with Gasteiger partial charge in [-0.05, 0) is 25.8 Å². The number of hydrogen-bond acceptors (Lipinski definition) is 4. The molecule has 0 spiro atoms. The number of aliphatic hydroxyl groups is 1. The average molecular weight is 267 g/mol. The highest BCUT2D eigenvalue weighted by molar-refractivity contribution is 7.16. The van der Waals surface area contributed by atoms with Crippen molar-refractivity contribution in [3.8, 4) is 6.07 Å². The number of urea groups is 1. The Morgan fingerprint density at radius 2 is 2.22 bits per heavy atom. The summed E-state index contributed by atoms with van der Waals surface area (Å²) < 4.78 is 0. The number of hydrogen-bond donors (Lipinski definition) is 3. The van der Waals surface area contributed by atoms with Crippen molar-refractivity contribution in [2.24, 2.45) is 0 Å². The van der Waals surface area contributed by atoms with Crippen LogP contribution in [0.3, 0.4) is 0 Å². The molecule has 1 atom stereocenters. The van der Waals surface area contributed by atoms with Crippen LogP contribution in [-0.4, -0.2) is 23.8 Å². The normalized spacial score (nSPS) is 11.7. The number of carbonyl (C=O) groups excluding carboxylic acids is 1. The second-order valence-corrected chi connectivity index (χ2v) is 5.21. The topological polar surface area (TPSA) is 85.2 Å². The third-order valence-electron chi connectivity index (χ3n) is 2.77. The Kier molecular flexibility index (Phi) is 5.13. The van der Waals surface area contributed by atoms with Crippen molar-refractivity contribution in [1.29, 1.82) is 5.26 Å². The fourth-order valence-corrected chi connectivity index (χ4v) is 2.46. The molecule has 0 unspecified atom stereocenters. The predicted molar refractivity (Wildman–Crippen MR) is 71.8 cm³/mol. The van der Waals surface area contributed by atoms with E-state index >= 15 is 0 Å². The number of aryl methyl sites for hydroxylation is 1. The van der Waals surface area contributed by atoms with Crippen LogP contribution in [0.25, 0.3) is 0 Å². The zero-order valence-corrected chi connectivity index (χ0v) is 11.5. The summed E-state index contributed by atoms with van der Waals surface area (Å²) in [5, 5.41) is 23.9. The zero-order chi connectivity index (χ0) is 13.7. The van der Waals surface area contributed by atoms with Crippen LogP contribution >= 0.6 is 11.3 Å². The highest BCUT2D eigenvalue weighted by Gasteiger charge is 2.15. The molecule has 6 heteroatoms. The molecule has 0 saturated heterocycles. The van der Waals surface area contributed by atoms with E-state index in [2.05, 4.69) is 16.7 Å². The van der Waals surface area contributed by atoms with Gasteiger partial charge in [0.2, 0.25) is 0 Å². The number of nitrogens with zero attached hydrogens (tertiary/aromatic N) is 1. The molecule has 1 aromatic heterocycles. The van der Waals surface area contributed by atoms with Crippen molar-refractivity contribution in [2.45, 2.75) is 33.2 Å². The van der Waals surface area contributed by atoms with Gasteiger partial charge in [-0.25, -0.2) is 4.79 Å². The van der Waals surface area contributed by atoms with Gasteiger partial charge in [-0.15, -0.1) is 11.3 Å². The van der Waals surface area contributed by atoms with E-state index in [9.17, 15) is 4.79 Å². The SMILES string of the molecule is CC[C@@H](CO)NC(=O)Nc1sc(C)c(C)c1C#N. The van der Waals surface area contributed by atoms with Gasteiger partial charge >= 0.3 is 6.03 Å². The summed E-state index contributed by atoms with van der Waals surface area (Å²) in [7, 11) is 0. The van der Waals surface area contributed by atoms with E-state index in [4.69, 9.17) is 10.4 Å². The van der Waals surface area contributed by atoms with Crippen molar-refractivity contribution in [2.75, 3.05) is 11.9 Å². The predicted octanol–water partition coefficient (Wildman–Crippen LogP) is 2.13. The van der Waals surface area contributed by atoms with E-state index in [-0.39, 0.29) is 12.6 Å². The van der Waals surface area contributed by atoms with Crippen LogP contribution in [0.4, 0.5) is 9.80 Å². The first-order valence-electron chi connectivity index (χ1n) is 5.71. The number of nitrogens with one attached hydrogen (secondary N) is 2. The van der Waals surface area contributed by atoms with E-state index in [1.54, 1.807) is 0 Å². The summed E-state index contributed by atoms with van der Waals surface area (Å²) in [6, 6.07) is 1.43. The first-order valence-corrected chi connectivity index (χ1v) is 6.53. The van der Waals surface area contributed by atoms with Gasteiger partial charge in [0.25, 0.3) is 0 Å². The molecule has 0 radical (unpaired) electrons. The highest BCUT2D eigenvalue weighted by Crippen LogP contribution is 2.31. The van der Waals surface area contributed by atoms with E-state index in [0.29, 0.717) is 17.0 Å². The Balaban J connectivity index is 2.77. The van der Waals surface area contributed by atoms with Crippen LogP contribution in [0.2, 0.25) is 0 Å². The van der Waals surface area contributed by atoms with E-state index in [1.807, 2.05) is 20.8 Å². The Bertz CT molecular complexity index is 472. The third kappa shape index (κ3) is 3.22. The van der Waals surface area contributed by atoms with Gasteiger partial charge < -0.3 is 10.4 Å². The molecule has 18 heavy (non-hydrogen) atoms. The van der Waals surface area contributed by atoms with Gasteiger partial charge in [0.05, 0.1) is 18.2 Å². The first kappa shape index (κ1) is 14.5. The molecule has 1 rings (SSSR count). The Labute approximate surface area is 110 Å². The largest absolute Gasteiger partial charge is 0.394 e. The third-order valence-corrected chi connectivity index (χ3v) is 3.90. The van der Waals surface area contributed by atoms with Gasteiger partial charge in [0, 0.05) is 4.88 Å². The van der Waals surface area contributed by atoms with E-state index < -0.39 is 6.03 Å². The molecular formula is C12H17N3O2S. The number of nitriles is 1. The summed E-state index contributed by atoms with van der Waals surface area (Å²) in [6.07, 6.45) is 0.650. The minimum atomic E-state index is -0.395. The number of rotatable bonds is 4. The van der Waals surface area contributed by atoms with Crippen molar-refractivity contribution in [3.63, 3.8) is 0 Å². The molecule has 0 bridgehead atoms. The Morgan fingerprint density at radius 3 is 2.72 bits per heavy atom. The van der Waals surface area contributed by atoms with E-state index in [0.717, 1.165) is 10.4 Å². The maximum Gasteiger partial charge on any atom is 0.320 e. The molecular weight excluding hydrogens is 250 g/mol. The van der Waals surface area contributed by atoms with Crippen LogP contribution in [0.1, 0.15) is 29.3 Å². The van der Waals surface area contributed by atoms with Crippen LogP contribution in [-0.2, 0) is 0 Å². The lowest BCUT2D eigenvalue weighted by Crippen LogP contribution is -2.39. The molecule has 0 saturated carbocycles. The summed E-state index contributed by atoms with van der Waals surface area (Å²) in [5.74, 6) is 0.